The van der Waals surface area contributed by atoms with Crippen LogP contribution in [0.4, 0.5) is 0 Å². The predicted molar refractivity (Wildman–Crippen MR) is 45.2 cm³/mol. The van der Waals surface area contributed by atoms with E-state index in [4.69, 9.17) is 16.3 Å². The fourth-order valence-corrected chi connectivity index (χ4v) is 0.944. The molecule has 1 aromatic heterocycles. The first-order valence-corrected chi connectivity index (χ1v) is 3.93. The molecule has 12 heavy (non-hydrogen) atoms. The molecule has 0 aliphatic heterocycles. The Balaban J connectivity index is 2.79. The van der Waals surface area contributed by atoms with Gasteiger partial charge in [0.05, 0.1) is 0 Å². The fraction of sp³-hybridized carbons (Fsp3) is 0.429. The molecule has 0 fully saturated rings. The van der Waals surface area contributed by atoms with E-state index in [1.807, 2.05) is 6.92 Å². The van der Waals surface area contributed by atoms with Gasteiger partial charge in [-0.05, 0) is 6.92 Å². The number of ether oxygens (including phenoxy) is 1. The zero-order valence-electron chi connectivity index (χ0n) is 6.63. The number of halogens is 1. The molecule has 0 saturated carbocycles. The van der Waals surface area contributed by atoms with E-state index in [2.05, 4.69) is 9.97 Å². The highest BCUT2D eigenvalue weighted by atomic mass is 35.5. The zero-order chi connectivity index (χ0) is 8.97. The molecule has 1 aromatic rings. The Morgan fingerprint density at radius 3 is 3.08 bits per heavy atom. The van der Waals surface area contributed by atoms with E-state index in [-0.39, 0.29) is 17.3 Å². The van der Waals surface area contributed by atoms with Crippen molar-refractivity contribution >= 4 is 11.6 Å². The summed E-state index contributed by atoms with van der Waals surface area (Å²) >= 11 is 5.54. The van der Waals surface area contributed by atoms with Gasteiger partial charge in [-0.1, -0.05) is 11.6 Å². The van der Waals surface area contributed by atoms with E-state index in [0.717, 1.165) is 0 Å². The standard InChI is InChI=1S/C7H9ClN2O2/c1-2-12-4-6-9-5(8)3-7(11)10-6/h3H,2,4H2,1H3,(H,9,10,11). The topological polar surface area (TPSA) is 55.0 Å². The lowest BCUT2D eigenvalue weighted by Crippen LogP contribution is -2.10. The van der Waals surface area contributed by atoms with Crippen LogP contribution in [-0.2, 0) is 11.3 Å². The highest BCUT2D eigenvalue weighted by Gasteiger charge is 1.97. The van der Waals surface area contributed by atoms with Gasteiger partial charge >= 0.3 is 0 Å². The van der Waals surface area contributed by atoms with Crippen molar-refractivity contribution in [3.63, 3.8) is 0 Å². The number of nitrogens with one attached hydrogen (secondary N) is 1. The summed E-state index contributed by atoms with van der Waals surface area (Å²) in [6.45, 7) is 2.73. The van der Waals surface area contributed by atoms with Crippen LogP contribution in [0.2, 0.25) is 5.15 Å². The molecule has 0 saturated heterocycles. The number of H-pyrrole nitrogens is 1. The van der Waals surface area contributed by atoms with Gasteiger partial charge in [-0.3, -0.25) is 4.79 Å². The number of hydrogen-bond donors (Lipinski definition) is 1. The minimum absolute atomic E-state index is 0.188. The van der Waals surface area contributed by atoms with Gasteiger partial charge in [0.1, 0.15) is 17.6 Å². The second-order valence-corrected chi connectivity index (χ2v) is 2.54. The third-order valence-corrected chi connectivity index (χ3v) is 1.40. The van der Waals surface area contributed by atoms with E-state index in [9.17, 15) is 4.79 Å². The average molecular weight is 189 g/mol. The minimum Gasteiger partial charge on any atom is -0.374 e. The van der Waals surface area contributed by atoms with E-state index < -0.39 is 0 Å². The second kappa shape index (κ2) is 4.23. The van der Waals surface area contributed by atoms with E-state index in [0.29, 0.717) is 12.4 Å². The van der Waals surface area contributed by atoms with Crippen molar-refractivity contribution < 1.29 is 4.74 Å². The third kappa shape index (κ3) is 2.64. The van der Waals surface area contributed by atoms with Gasteiger partial charge in [0, 0.05) is 12.7 Å². The number of aromatic amines is 1. The molecule has 0 radical (unpaired) electrons. The molecular formula is C7H9ClN2O2. The van der Waals surface area contributed by atoms with Gasteiger partial charge in [0.2, 0.25) is 0 Å². The van der Waals surface area contributed by atoms with Crippen LogP contribution in [0.5, 0.6) is 0 Å². The number of nitrogens with zero attached hydrogens (tertiary/aromatic N) is 1. The molecule has 0 atom stereocenters. The molecule has 0 spiro atoms. The Morgan fingerprint density at radius 2 is 2.50 bits per heavy atom. The molecule has 1 rings (SSSR count). The number of hydrogen-bond acceptors (Lipinski definition) is 3. The summed E-state index contributed by atoms with van der Waals surface area (Å²) in [6, 6.07) is 1.22. The highest BCUT2D eigenvalue weighted by Crippen LogP contribution is 1.99. The summed E-state index contributed by atoms with van der Waals surface area (Å²) in [4.78, 5) is 17.2. The van der Waals surface area contributed by atoms with Crippen LogP contribution in [0.15, 0.2) is 10.9 Å². The molecule has 0 aliphatic carbocycles. The molecular weight excluding hydrogens is 180 g/mol. The molecule has 0 bridgehead atoms. The molecule has 1 N–H and O–H groups in total. The zero-order valence-corrected chi connectivity index (χ0v) is 7.39. The Kier molecular flexibility index (Phi) is 3.25. The predicted octanol–water partition coefficient (Wildman–Crippen LogP) is 0.960. The molecule has 66 valence electrons. The lowest BCUT2D eigenvalue weighted by molar-refractivity contribution is 0.128. The molecule has 0 aliphatic rings. The minimum atomic E-state index is -0.260. The van der Waals surface area contributed by atoms with Crippen molar-refractivity contribution in [1.82, 2.24) is 9.97 Å². The highest BCUT2D eigenvalue weighted by molar-refractivity contribution is 6.29. The van der Waals surface area contributed by atoms with Crippen LogP contribution < -0.4 is 5.56 Å². The summed E-state index contributed by atoms with van der Waals surface area (Å²) in [7, 11) is 0. The molecule has 0 unspecified atom stereocenters. The van der Waals surface area contributed by atoms with Gasteiger partial charge in [-0.2, -0.15) is 0 Å². The first kappa shape index (κ1) is 9.22. The second-order valence-electron chi connectivity index (χ2n) is 2.15. The van der Waals surface area contributed by atoms with E-state index in [1.165, 1.54) is 6.07 Å². The maximum absolute atomic E-state index is 10.8. The summed E-state index contributed by atoms with van der Waals surface area (Å²) in [5.74, 6) is 0.453. The van der Waals surface area contributed by atoms with Gasteiger partial charge < -0.3 is 9.72 Å². The van der Waals surface area contributed by atoms with E-state index >= 15 is 0 Å². The molecule has 4 nitrogen and oxygen atoms in total. The summed E-state index contributed by atoms with van der Waals surface area (Å²) < 4.78 is 5.04. The Hall–Kier alpha value is -0.870. The fourth-order valence-electron chi connectivity index (χ4n) is 0.743. The first-order valence-electron chi connectivity index (χ1n) is 3.56. The lowest BCUT2D eigenvalue weighted by atomic mass is 10.6. The smallest absolute Gasteiger partial charge is 0.252 e. The lowest BCUT2D eigenvalue weighted by Gasteiger charge is -1.99. The van der Waals surface area contributed by atoms with Gasteiger partial charge in [0.25, 0.3) is 5.56 Å². The van der Waals surface area contributed by atoms with Crippen molar-refractivity contribution in [2.24, 2.45) is 0 Å². The normalized spacial score (nSPS) is 10.2. The largest absolute Gasteiger partial charge is 0.374 e. The van der Waals surface area contributed by atoms with Crippen LogP contribution in [0.25, 0.3) is 0 Å². The Bertz CT molecular complexity index is 311. The molecule has 5 heteroatoms. The maximum atomic E-state index is 10.8. The average Bonchev–Trinajstić information content (AvgIpc) is 1.99. The molecule has 1 heterocycles. The molecule has 0 aromatic carbocycles. The summed E-state index contributed by atoms with van der Waals surface area (Å²) in [5.41, 5.74) is -0.260. The summed E-state index contributed by atoms with van der Waals surface area (Å²) in [5, 5.41) is 0.188. The van der Waals surface area contributed by atoms with Gasteiger partial charge in [-0.25, -0.2) is 4.98 Å². The third-order valence-electron chi connectivity index (χ3n) is 1.20. The summed E-state index contributed by atoms with van der Waals surface area (Å²) in [6.07, 6.45) is 0. The van der Waals surface area contributed by atoms with Crippen molar-refractivity contribution in [2.45, 2.75) is 13.5 Å². The van der Waals surface area contributed by atoms with Crippen LogP contribution in [0.3, 0.4) is 0 Å². The van der Waals surface area contributed by atoms with Crippen molar-refractivity contribution in [1.29, 1.82) is 0 Å². The van der Waals surface area contributed by atoms with Crippen molar-refractivity contribution in [3.8, 4) is 0 Å². The van der Waals surface area contributed by atoms with Crippen molar-refractivity contribution in [2.75, 3.05) is 6.61 Å². The first-order chi connectivity index (χ1) is 5.72. The van der Waals surface area contributed by atoms with Crippen molar-refractivity contribution in [3.05, 3.63) is 27.4 Å². The molecule has 0 amide bonds. The van der Waals surface area contributed by atoms with Crippen LogP contribution in [-0.4, -0.2) is 16.6 Å². The number of aromatic nitrogens is 2. The Morgan fingerprint density at radius 1 is 1.75 bits per heavy atom. The monoisotopic (exact) mass is 188 g/mol. The van der Waals surface area contributed by atoms with Crippen LogP contribution in [0, 0.1) is 0 Å². The maximum Gasteiger partial charge on any atom is 0.252 e. The van der Waals surface area contributed by atoms with Crippen LogP contribution in [0.1, 0.15) is 12.7 Å². The van der Waals surface area contributed by atoms with Gasteiger partial charge in [-0.15, -0.1) is 0 Å². The Labute approximate surface area is 74.5 Å². The van der Waals surface area contributed by atoms with Gasteiger partial charge in [0.15, 0.2) is 0 Å². The SMILES string of the molecule is CCOCc1nc(Cl)cc(=O)[nH]1. The quantitative estimate of drug-likeness (QED) is 0.719. The van der Waals surface area contributed by atoms with Crippen LogP contribution >= 0.6 is 11.6 Å². The van der Waals surface area contributed by atoms with E-state index in [1.54, 1.807) is 0 Å². The number of rotatable bonds is 3.